The second-order valence-electron chi connectivity index (χ2n) is 6.92. The number of halogens is 9. The molecule has 3 aromatic carbocycles. The molecule has 0 aliphatic rings. The molecular formula is C21H12BF9O. The molecule has 0 radical (unpaired) electrons. The summed E-state index contributed by atoms with van der Waals surface area (Å²) in [4.78, 5) is 0. The molecule has 11 heteroatoms. The number of rotatable bonds is 4. The summed E-state index contributed by atoms with van der Waals surface area (Å²) in [6.45, 7) is -0.976. The third-order valence-electron chi connectivity index (χ3n) is 5.11. The van der Waals surface area contributed by atoms with Crippen molar-refractivity contribution in [1.29, 1.82) is 0 Å². The van der Waals surface area contributed by atoms with Crippen LogP contribution in [0.1, 0.15) is 11.1 Å². The normalized spacial score (nSPS) is 11.1. The van der Waals surface area contributed by atoms with E-state index in [0.717, 1.165) is 21.0 Å². The average Bonchev–Trinajstić information content (AvgIpc) is 2.72. The fraction of sp³-hybridized carbons (Fsp3) is 0.143. The molecule has 1 nitrogen and oxygen atoms in total. The highest BCUT2D eigenvalue weighted by Crippen LogP contribution is 2.23. The van der Waals surface area contributed by atoms with Gasteiger partial charge in [0.25, 0.3) is 6.71 Å². The third-order valence-corrected chi connectivity index (χ3v) is 5.11. The van der Waals surface area contributed by atoms with Crippen molar-refractivity contribution >= 4 is 23.1 Å². The number of hydrogen-bond acceptors (Lipinski definition) is 1. The Hall–Kier alpha value is -3.11. The highest BCUT2D eigenvalue weighted by Gasteiger charge is 2.40. The van der Waals surface area contributed by atoms with Crippen LogP contribution in [-0.4, -0.2) is 13.8 Å². The van der Waals surface area contributed by atoms with E-state index in [4.69, 9.17) is 0 Å². The standard InChI is InChI=1S/C21H12BF9O/c1-7-9(23)4-11(25)15(18(7)28)22(16-12(26)5-10(24)8(2)19(16)29)17-20(30)13(27)6-14(32-3)21(17)31/h4-6H,1-3H3. The zero-order chi connectivity index (χ0) is 24.1. The minimum absolute atomic E-state index is 0.138. The van der Waals surface area contributed by atoms with Crippen LogP contribution in [0, 0.1) is 66.2 Å². The van der Waals surface area contributed by atoms with Crippen LogP contribution in [0.5, 0.6) is 5.75 Å². The minimum atomic E-state index is -2.65. The molecule has 0 bridgehead atoms. The Balaban J connectivity index is 2.58. The van der Waals surface area contributed by atoms with Crippen molar-refractivity contribution in [2.75, 3.05) is 7.11 Å². The van der Waals surface area contributed by atoms with Gasteiger partial charge in [0, 0.05) is 45.7 Å². The fourth-order valence-electron chi connectivity index (χ4n) is 3.38. The maximum absolute atomic E-state index is 15.1. The lowest BCUT2D eigenvalue weighted by Crippen LogP contribution is -2.59. The van der Waals surface area contributed by atoms with E-state index in [9.17, 15) is 35.1 Å². The molecular weight excluding hydrogens is 450 g/mol. The van der Waals surface area contributed by atoms with Crippen molar-refractivity contribution in [3.8, 4) is 5.75 Å². The van der Waals surface area contributed by atoms with Crippen LogP contribution >= 0.6 is 0 Å². The molecule has 0 amide bonds. The van der Waals surface area contributed by atoms with Gasteiger partial charge in [0.05, 0.1) is 7.11 Å². The molecule has 0 N–H and O–H groups in total. The summed E-state index contributed by atoms with van der Waals surface area (Å²) in [5, 5.41) is 0. The number of benzene rings is 3. The first kappa shape index (κ1) is 23.6. The zero-order valence-electron chi connectivity index (χ0n) is 16.6. The van der Waals surface area contributed by atoms with E-state index >= 15 is 4.39 Å². The predicted octanol–water partition coefficient (Wildman–Crippen LogP) is 4.08. The van der Waals surface area contributed by atoms with E-state index < -0.39 is 92.3 Å². The molecule has 168 valence electrons. The van der Waals surface area contributed by atoms with E-state index in [2.05, 4.69) is 4.74 Å². The molecule has 0 spiro atoms. The molecule has 0 aliphatic carbocycles. The van der Waals surface area contributed by atoms with Crippen molar-refractivity contribution in [2.45, 2.75) is 13.8 Å². The molecule has 0 atom stereocenters. The predicted molar refractivity (Wildman–Crippen MR) is 99.6 cm³/mol. The van der Waals surface area contributed by atoms with Gasteiger partial charge < -0.3 is 4.74 Å². The molecule has 0 aromatic heterocycles. The largest absolute Gasteiger partial charge is 0.494 e. The van der Waals surface area contributed by atoms with Crippen LogP contribution in [-0.2, 0) is 0 Å². The van der Waals surface area contributed by atoms with Crippen LogP contribution in [0.4, 0.5) is 39.5 Å². The van der Waals surface area contributed by atoms with Crippen molar-refractivity contribution in [3.05, 3.63) is 81.7 Å². The summed E-state index contributed by atoms with van der Waals surface area (Å²) in [7, 11) is 0.862. The summed E-state index contributed by atoms with van der Waals surface area (Å²) in [5.41, 5.74) is -5.95. The van der Waals surface area contributed by atoms with Gasteiger partial charge in [-0.3, -0.25) is 0 Å². The molecule has 0 aliphatic heterocycles. The first-order chi connectivity index (χ1) is 14.9. The number of hydrogen-bond donors (Lipinski definition) is 0. The van der Waals surface area contributed by atoms with Gasteiger partial charge in [0.15, 0.2) is 23.2 Å². The summed E-state index contributed by atoms with van der Waals surface area (Å²) in [6.07, 6.45) is 0. The SMILES string of the molecule is COc1cc(F)c(F)c(B(c2c(F)cc(F)c(C)c2F)c2c(F)cc(F)c(C)c2F)c1F. The number of ether oxygens (including phenoxy) is 1. The van der Waals surface area contributed by atoms with Crippen LogP contribution in [0.15, 0.2) is 18.2 Å². The highest BCUT2D eigenvalue weighted by molar-refractivity contribution is 6.95. The Labute approximate surface area is 176 Å². The van der Waals surface area contributed by atoms with Gasteiger partial charge in [0.1, 0.15) is 34.9 Å². The first-order valence-electron chi connectivity index (χ1n) is 8.91. The minimum Gasteiger partial charge on any atom is -0.494 e. The van der Waals surface area contributed by atoms with Crippen molar-refractivity contribution in [3.63, 3.8) is 0 Å². The lowest BCUT2D eigenvalue weighted by molar-refractivity contribution is 0.379. The first-order valence-corrected chi connectivity index (χ1v) is 8.91. The summed E-state index contributed by atoms with van der Waals surface area (Å²) in [5.74, 6) is -16.2. The summed E-state index contributed by atoms with van der Waals surface area (Å²) >= 11 is 0. The van der Waals surface area contributed by atoms with E-state index in [1.54, 1.807) is 0 Å². The second kappa shape index (κ2) is 8.44. The fourth-order valence-corrected chi connectivity index (χ4v) is 3.38. The van der Waals surface area contributed by atoms with Crippen LogP contribution in [0.25, 0.3) is 0 Å². The van der Waals surface area contributed by atoms with E-state index in [0.29, 0.717) is 0 Å². The van der Waals surface area contributed by atoms with E-state index in [1.807, 2.05) is 0 Å². The lowest BCUT2D eigenvalue weighted by Gasteiger charge is -2.22. The van der Waals surface area contributed by atoms with Gasteiger partial charge >= 0.3 is 0 Å². The summed E-state index contributed by atoms with van der Waals surface area (Å²) < 4.78 is 136. The molecule has 0 heterocycles. The van der Waals surface area contributed by atoms with Crippen molar-refractivity contribution < 1.29 is 44.3 Å². The van der Waals surface area contributed by atoms with Gasteiger partial charge in [-0.1, -0.05) is 0 Å². The Bertz CT molecular complexity index is 1180. The Morgan fingerprint density at radius 3 is 1.38 bits per heavy atom. The quantitative estimate of drug-likeness (QED) is 0.323. The molecule has 0 saturated carbocycles. The smallest absolute Gasteiger partial charge is 0.264 e. The topological polar surface area (TPSA) is 9.23 Å². The monoisotopic (exact) mass is 462 g/mol. The van der Waals surface area contributed by atoms with Crippen molar-refractivity contribution in [1.82, 2.24) is 0 Å². The van der Waals surface area contributed by atoms with Crippen LogP contribution in [0.2, 0.25) is 0 Å². The van der Waals surface area contributed by atoms with Gasteiger partial charge in [0.2, 0.25) is 0 Å². The third kappa shape index (κ3) is 3.59. The maximum atomic E-state index is 15.1. The molecule has 0 unspecified atom stereocenters. The van der Waals surface area contributed by atoms with E-state index in [-0.39, 0.29) is 18.2 Å². The van der Waals surface area contributed by atoms with Gasteiger partial charge in [-0.25, -0.2) is 39.5 Å². The lowest BCUT2D eigenvalue weighted by atomic mass is 9.35. The van der Waals surface area contributed by atoms with Crippen LogP contribution in [0.3, 0.4) is 0 Å². The molecule has 0 saturated heterocycles. The van der Waals surface area contributed by atoms with Gasteiger partial charge in [-0.15, -0.1) is 0 Å². The zero-order valence-corrected chi connectivity index (χ0v) is 16.6. The Kier molecular flexibility index (Phi) is 6.21. The highest BCUT2D eigenvalue weighted by atomic mass is 19.2. The molecule has 3 aromatic rings. The molecule has 32 heavy (non-hydrogen) atoms. The Morgan fingerprint density at radius 2 is 0.969 bits per heavy atom. The average molecular weight is 462 g/mol. The van der Waals surface area contributed by atoms with Crippen molar-refractivity contribution in [2.24, 2.45) is 0 Å². The Morgan fingerprint density at radius 1 is 0.531 bits per heavy atom. The molecule has 3 rings (SSSR count). The van der Waals surface area contributed by atoms with Crippen LogP contribution < -0.4 is 21.1 Å². The van der Waals surface area contributed by atoms with Gasteiger partial charge in [-0.2, -0.15) is 0 Å². The maximum Gasteiger partial charge on any atom is 0.264 e. The van der Waals surface area contributed by atoms with E-state index in [1.165, 1.54) is 0 Å². The summed E-state index contributed by atoms with van der Waals surface area (Å²) in [6, 6.07) is 0.551. The van der Waals surface area contributed by atoms with Gasteiger partial charge in [-0.05, 0) is 13.8 Å². The molecule has 0 fully saturated rings. The second-order valence-corrected chi connectivity index (χ2v) is 6.92. The number of methoxy groups -OCH3 is 1.